The highest BCUT2D eigenvalue weighted by atomic mass is 16.6. The van der Waals surface area contributed by atoms with Crippen LogP contribution in [0.4, 0.5) is 11.4 Å². The molecule has 1 aliphatic heterocycles. The molecule has 0 saturated carbocycles. The molecule has 0 spiro atoms. The summed E-state index contributed by atoms with van der Waals surface area (Å²) in [5, 5.41) is 20.7. The first-order chi connectivity index (χ1) is 9.58. The number of nitrogens with zero attached hydrogens (tertiary/aromatic N) is 3. The van der Waals surface area contributed by atoms with Crippen molar-refractivity contribution in [2.24, 2.45) is 5.92 Å². The lowest BCUT2D eigenvalue weighted by atomic mass is 9.98. The zero-order valence-corrected chi connectivity index (χ0v) is 10.4. The second-order valence-corrected chi connectivity index (χ2v) is 4.71. The molecule has 1 aromatic carbocycles. The molecule has 1 aromatic heterocycles. The predicted octanol–water partition coefficient (Wildman–Crippen LogP) is 1.66. The Labute approximate surface area is 113 Å². The fourth-order valence-electron chi connectivity index (χ4n) is 2.40. The van der Waals surface area contributed by atoms with Crippen LogP contribution >= 0.6 is 0 Å². The van der Waals surface area contributed by atoms with Gasteiger partial charge in [-0.25, -0.2) is 4.98 Å². The van der Waals surface area contributed by atoms with Crippen LogP contribution in [0.3, 0.4) is 0 Å². The molecule has 102 valence electrons. The molecule has 0 radical (unpaired) electrons. The van der Waals surface area contributed by atoms with Crippen LogP contribution in [-0.4, -0.2) is 34.1 Å². The first kappa shape index (κ1) is 12.3. The second-order valence-electron chi connectivity index (χ2n) is 4.71. The Morgan fingerprint density at radius 1 is 1.40 bits per heavy atom. The highest BCUT2D eigenvalue weighted by Gasteiger charge is 2.36. The molecule has 3 rings (SSSR count). The van der Waals surface area contributed by atoms with Gasteiger partial charge in [0.2, 0.25) is 0 Å². The third kappa shape index (κ3) is 1.83. The van der Waals surface area contributed by atoms with E-state index in [2.05, 4.69) is 4.98 Å². The van der Waals surface area contributed by atoms with Gasteiger partial charge >= 0.3 is 11.7 Å². The van der Waals surface area contributed by atoms with E-state index >= 15 is 0 Å². The summed E-state index contributed by atoms with van der Waals surface area (Å²) in [6, 6.07) is 7.13. The number of carboxylic acid groups (broad SMARTS) is 1. The van der Waals surface area contributed by atoms with Gasteiger partial charge in [0.25, 0.3) is 0 Å². The minimum Gasteiger partial charge on any atom is -0.481 e. The average molecular weight is 273 g/mol. The Balaban J connectivity index is 2.10. The van der Waals surface area contributed by atoms with Crippen LogP contribution in [0, 0.1) is 16.0 Å². The molecule has 1 N–H and O–H groups in total. The summed E-state index contributed by atoms with van der Waals surface area (Å²) in [5.74, 6) is -1.34. The van der Waals surface area contributed by atoms with E-state index < -0.39 is 16.8 Å². The highest BCUT2D eigenvalue weighted by molar-refractivity contribution is 5.97. The Morgan fingerprint density at radius 3 is 2.75 bits per heavy atom. The molecular formula is C13H11N3O4. The molecule has 0 bridgehead atoms. The number of rotatable bonds is 3. The van der Waals surface area contributed by atoms with E-state index in [4.69, 9.17) is 5.11 Å². The quantitative estimate of drug-likeness (QED) is 0.674. The minimum absolute atomic E-state index is 0.0902. The average Bonchev–Trinajstić information content (AvgIpc) is 2.36. The third-order valence-corrected chi connectivity index (χ3v) is 3.47. The van der Waals surface area contributed by atoms with Crippen molar-refractivity contribution in [2.45, 2.75) is 0 Å². The molecule has 7 nitrogen and oxygen atoms in total. The summed E-state index contributed by atoms with van der Waals surface area (Å²) >= 11 is 0. The van der Waals surface area contributed by atoms with Gasteiger partial charge in [0.15, 0.2) is 0 Å². The molecule has 0 aliphatic carbocycles. The number of para-hydroxylation sites is 1. The number of aliphatic carboxylic acids is 1. The summed E-state index contributed by atoms with van der Waals surface area (Å²) in [4.78, 5) is 27.3. The fraction of sp³-hybridized carbons (Fsp3) is 0.231. The summed E-state index contributed by atoms with van der Waals surface area (Å²) in [6.45, 7) is 0.564. The number of pyridine rings is 1. The standard InChI is InChI=1S/C13H11N3O4/c17-13(18)8-6-15(7-8)12-9-3-1-2-4-10(9)14-5-11(12)16(19)20/h1-5,8H,6-7H2,(H,17,18). The van der Waals surface area contributed by atoms with E-state index in [1.54, 1.807) is 29.2 Å². The molecule has 1 saturated heterocycles. The van der Waals surface area contributed by atoms with Gasteiger partial charge in [-0.3, -0.25) is 14.9 Å². The van der Waals surface area contributed by atoms with Crippen LogP contribution < -0.4 is 4.90 Å². The largest absolute Gasteiger partial charge is 0.481 e. The zero-order chi connectivity index (χ0) is 14.3. The first-order valence-corrected chi connectivity index (χ1v) is 6.08. The number of anilines is 1. The Hall–Kier alpha value is -2.70. The molecule has 20 heavy (non-hydrogen) atoms. The maximum absolute atomic E-state index is 11.1. The van der Waals surface area contributed by atoms with Crippen LogP contribution in [0.2, 0.25) is 0 Å². The normalized spacial score (nSPS) is 15.1. The number of carboxylic acids is 1. The molecule has 0 amide bonds. The number of fused-ring (bicyclic) bond motifs is 1. The smallest absolute Gasteiger partial charge is 0.311 e. The number of hydrogen-bond donors (Lipinski definition) is 1. The second kappa shape index (κ2) is 4.44. The maximum Gasteiger partial charge on any atom is 0.311 e. The van der Waals surface area contributed by atoms with Crippen LogP contribution in [0.5, 0.6) is 0 Å². The van der Waals surface area contributed by atoms with Gasteiger partial charge < -0.3 is 10.0 Å². The lowest BCUT2D eigenvalue weighted by molar-refractivity contribution is -0.384. The monoisotopic (exact) mass is 273 g/mol. The van der Waals surface area contributed by atoms with E-state index in [0.717, 1.165) is 0 Å². The van der Waals surface area contributed by atoms with Crippen molar-refractivity contribution in [3.8, 4) is 0 Å². The zero-order valence-electron chi connectivity index (χ0n) is 10.4. The van der Waals surface area contributed by atoms with Crippen molar-refractivity contribution in [3.05, 3.63) is 40.6 Å². The van der Waals surface area contributed by atoms with E-state index in [0.29, 0.717) is 16.6 Å². The van der Waals surface area contributed by atoms with Crippen molar-refractivity contribution < 1.29 is 14.8 Å². The predicted molar refractivity (Wildman–Crippen MR) is 71.7 cm³/mol. The van der Waals surface area contributed by atoms with Crippen molar-refractivity contribution in [3.63, 3.8) is 0 Å². The first-order valence-electron chi connectivity index (χ1n) is 6.08. The number of nitro groups is 1. The van der Waals surface area contributed by atoms with Crippen molar-refractivity contribution in [1.29, 1.82) is 0 Å². The van der Waals surface area contributed by atoms with Gasteiger partial charge in [-0.15, -0.1) is 0 Å². The molecule has 2 heterocycles. The van der Waals surface area contributed by atoms with Crippen LogP contribution in [0.25, 0.3) is 10.9 Å². The Morgan fingerprint density at radius 2 is 2.10 bits per heavy atom. The maximum atomic E-state index is 11.1. The molecule has 1 aliphatic rings. The van der Waals surface area contributed by atoms with Gasteiger partial charge in [0, 0.05) is 18.5 Å². The summed E-state index contributed by atoms with van der Waals surface area (Å²) in [7, 11) is 0. The molecule has 7 heteroatoms. The number of benzene rings is 1. The SMILES string of the molecule is O=C(O)C1CN(c2c([N+](=O)[O-])cnc3ccccc23)C1. The van der Waals surface area contributed by atoms with Crippen molar-refractivity contribution in [1.82, 2.24) is 4.98 Å². The Bertz CT molecular complexity index is 710. The topological polar surface area (TPSA) is 96.6 Å². The summed E-state index contributed by atoms with van der Waals surface area (Å²) in [6.07, 6.45) is 1.23. The molecule has 0 atom stereocenters. The molecule has 0 unspecified atom stereocenters. The van der Waals surface area contributed by atoms with E-state index in [1.165, 1.54) is 6.20 Å². The summed E-state index contributed by atoms with van der Waals surface area (Å²) in [5.41, 5.74) is 1.03. The van der Waals surface area contributed by atoms with Gasteiger partial charge in [0.05, 0.1) is 16.4 Å². The number of aromatic nitrogens is 1. The number of hydrogen-bond acceptors (Lipinski definition) is 5. The van der Waals surface area contributed by atoms with Crippen molar-refractivity contribution >= 4 is 28.2 Å². The lowest BCUT2D eigenvalue weighted by Gasteiger charge is -2.38. The Kier molecular flexibility index (Phi) is 2.74. The van der Waals surface area contributed by atoms with Gasteiger partial charge in [-0.05, 0) is 6.07 Å². The van der Waals surface area contributed by atoms with E-state index in [1.807, 2.05) is 0 Å². The number of carbonyl (C=O) groups is 1. The van der Waals surface area contributed by atoms with Gasteiger partial charge in [-0.1, -0.05) is 18.2 Å². The highest BCUT2D eigenvalue weighted by Crippen LogP contribution is 2.38. The lowest BCUT2D eigenvalue weighted by Crippen LogP contribution is -2.50. The van der Waals surface area contributed by atoms with E-state index in [9.17, 15) is 14.9 Å². The third-order valence-electron chi connectivity index (χ3n) is 3.47. The van der Waals surface area contributed by atoms with E-state index in [-0.39, 0.29) is 18.8 Å². The van der Waals surface area contributed by atoms with Crippen LogP contribution in [0.15, 0.2) is 30.5 Å². The van der Waals surface area contributed by atoms with Gasteiger partial charge in [-0.2, -0.15) is 0 Å². The fourth-order valence-corrected chi connectivity index (χ4v) is 2.40. The molecule has 2 aromatic rings. The van der Waals surface area contributed by atoms with Crippen LogP contribution in [0.1, 0.15) is 0 Å². The molecule has 1 fully saturated rings. The van der Waals surface area contributed by atoms with Crippen molar-refractivity contribution in [2.75, 3.05) is 18.0 Å². The molecular weight excluding hydrogens is 262 g/mol. The summed E-state index contributed by atoms with van der Waals surface area (Å²) < 4.78 is 0. The minimum atomic E-state index is -0.873. The van der Waals surface area contributed by atoms with Gasteiger partial charge in [0.1, 0.15) is 11.9 Å². The van der Waals surface area contributed by atoms with Crippen LogP contribution in [-0.2, 0) is 4.79 Å².